The fourth-order valence-electron chi connectivity index (χ4n) is 5.15. The second kappa shape index (κ2) is 8.03. The van der Waals surface area contributed by atoms with E-state index in [0.29, 0.717) is 25.6 Å². The van der Waals surface area contributed by atoms with Crippen molar-refractivity contribution < 1.29 is 19.1 Å². The zero-order valence-electron chi connectivity index (χ0n) is 20.6. The third-order valence-electron chi connectivity index (χ3n) is 7.49. The second-order valence-corrected chi connectivity index (χ2v) is 11.2. The lowest BCUT2D eigenvalue weighted by Crippen LogP contribution is -2.50. The van der Waals surface area contributed by atoms with Gasteiger partial charge in [0.25, 0.3) is 0 Å². The van der Waals surface area contributed by atoms with Crippen molar-refractivity contribution in [2.24, 2.45) is 0 Å². The van der Waals surface area contributed by atoms with E-state index in [1.54, 1.807) is 0 Å². The maximum Gasteiger partial charge on any atom is 0.324 e. The predicted octanol–water partition coefficient (Wildman–Crippen LogP) is 3.77. The Morgan fingerprint density at radius 3 is 2.60 bits per heavy atom. The van der Waals surface area contributed by atoms with E-state index in [1.807, 2.05) is 18.3 Å². The van der Waals surface area contributed by atoms with Crippen molar-refractivity contribution >= 4 is 11.6 Å². The first kappa shape index (κ1) is 22.5. The highest BCUT2D eigenvalue weighted by atomic mass is 16.5. The largest absolute Gasteiger partial charge is 0.485 e. The molecule has 0 saturated carbocycles. The lowest BCUT2D eigenvalue weighted by atomic mass is 9.87. The van der Waals surface area contributed by atoms with Gasteiger partial charge in [-0.3, -0.25) is 4.98 Å². The Morgan fingerprint density at radius 2 is 1.91 bits per heavy atom. The fraction of sp³-hybridized carbons (Fsp3) is 0.519. The van der Waals surface area contributed by atoms with Crippen LogP contribution in [0.4, 0.5) is 6.01 Å². The minimum Gasteiger partial charge on any atom is -0.485 e. The van der Waals surface area contributed by atoms with E-state index in [2.05, 4.69) is 54.0 Å². The van der Waals surface area contributed by atoms with Gasteiger partial charge in [-0.05, 0) is 23.6 Å². The topological polar surface area (TPSA) is 93.7 Å². The molecule has 184 valence electrons. The molecule has 2 aromatic rings. The molecule has 0 radical (unpaired) electrons. The SMILES string of the molecule is CC(C)(C)c1noc(N2CCC3(CC2)Cc2cc(C4=CC=C(C5(O)COC5)CC=C4)ncc2O3)n1. The summed E-state index contributed by atoms with van der Waals surface area (Å²) < 4.78 is 17.2. The van der Waals surface area contributed by atoms with Gasteiger partial charge in [0.2, 0.25) is 0 Å². The number of hydrogen-bond donors (Lipinski definition) is 1. The Balaban J connectivity index is 1.15. The maximum absolute atomic E-state index is 10.6. The van der Waals surface area contributed by atoms with Crippen molar-refractivity contribution in [3.63, 3.8) is 0 Å². The monoisotopic (exact) mass is 476 g/mol. The van der Waals surface area contributed by atoms with E-state index in [0.717, 1.165) is 60.8 Å². The van der Waals surface area contributed by atoms with Gasteiger partial charge < -0.3 is 24.0 Å². The van der Waals surface area contributed by atoms with Crippen LogP contribution in [0, 0.1) is 0 Å². The number of nitrogens with zero attached hydrogens (tertiary/aromatic N) is 4. The van der Waals surface area contributed by atoms with E-state index in [1.165, 1.54) is 5.56 Å². The summed E-state index contributed by atoms with van der Waals surface area (Å²) >= 11 is 0. The summed E-state index contributed by atoms with van der Waals surface area (Å²) in [6.45, 7) is 8.62. The fourth-order valence-corrected chi connectivity index (χ4v) is 5.15. The van der Waals surface area contributed by atoms with Gasteiger partial charge in [-0.15, -0.1) is 0 Å². The molecule has 0 amide bonds. The van der Waals surface area contributed by atoms with Gasteiger partial charge in [-0.1, -0.05) is 50.2 Å². The molecule has 0 bridgehead atoms. The molecule has 2 fully saturated rings. The van der Waals surface area contributed by atoms with E-state index in [9.17, 15) is 5.11 Å². The summed E-state index contributed by atoms with van der Waals surface area (Å²) in [5.74, 6) is 1.61. The lowest BCUT2D eigenvalue weighted by molar-refractivity contribution is -0.154. The number of pyridine rings is 1. The molecule has 2 aromatic heterocycles. The number of anilines is 1. The van der Waals surface area contributed by atoms with Gasteiger partial charge in [0.05, 0.1) is 25.1 Å². The Labute approximate surface area is 205 Å². The van der Waals surface area contributed by atoms with Crippen LogP contribution >= 0.6 is 0 Å². The molecule has 5 heterocycles. The summed E-state index contributed by atoms with van der Waals surface area (Å²) in [7, 11) is 0. The molecule has 8 heteroatoms. The standard InChI is InChI=1S/C27H32N4O4/c1-25(2,3)23-29-24(35-30-23)31-11-9-26(10-12-31)14-19-13-21(28-15-22(19)34-26)18-5-4-6-20(8-7-18)27(32)16-33-17-27/h4-5,7-8,13,15,32H,6,9-12,14,16-17H2,1-3H3. The van der Waals surface area contributed by atoms with E-state index >= 15 is 0 Å². The third-order valence-corrected chi connectivity index (χ3v) is 7.49. The molecule has 0 aromatic carbocycles. The molecule has 1 aliphatic carbocycles. The number of piperidine rings is 1. The van der Waals surface area contributed by atoms with Crippen LogP contribution in [0.25, 0.3) is 5.57 Å². The second-order valence-electron chi connectivity index (χ2n) is 11.2. The molecule has 4 aliphatic rings. The average molecular weight is 477 g/mol. The zero-order valence-corrected chi connectivity index (χ0v) is 20.6. The summed E-state index contributed by atoms with van der Waals surface area (Å²) in [6, 6.07) is 2.75. The number of fused-ring (bicyclic) bond motifs is 1. The third kappa shape index (κ3) is 4.08. The molecule has 2 saturated heterocycles. The number of rotatable bonds is 3. The van der Waals surface area contributed by atoms with Gasteiger partial charge in [0.1, 0.15) is 17.0 Å². The molecular weight excluding hydrogens is 444 g/mol. The van der Waals surface area contributed by atoms with Crippen molar-refractivity contribution in [1.82, 2.24) is 15.1 Å². The Bertz CT molecular complexity index is 1220. The molecule has 8 nitrogen and oxygen atoms in total. The van der Waals surface area contributed by atoms with Gasteiger partial charge in [0.15, 0.2) is 5.82 Å². The van der Waals surface area contributed by atoms with Gasteiger partial charge in [0, 0.05) is 43.3 Å². The van der Waals surface area contributed by atoms with Crippen molar-refractivity contribution in [2.75, 3.05) is 31.2 Å². The average Bonchev–Trinajstić information content (AvgIpc) is 3.35. The highest BCUT2D eigenvalue weighted by Gasteiger charge is 2.43. The number of hydrogen-bond acceptors (Lipinski definition) is 8. The molecule has 0 unspecified atom stereocenters. The van der Waals surface area contributed by atoms with Gasteiger partial charge in [-0.25, -0.2) is 0 Å². The number of aromatic nitrogens is 3. The number of aliphatic hydroxyl groups is 1. The van der Waals surface area contributed by atoms with Crippen LogP contribution in [0.2, 0.25) is 0 Å². The van der Waals surface area contributed by atoms with Crippen LogP contribution in [-0.4, -0.2) is 57.7 Å². The van der Waals surface area contributed by atoms with Crippen LogP contribution in [0.5, 0.6) is 5.75 Å². The highest BCUT2D eigenvalue weighted by Crippen LogP contribution is 2.42. The van der Waals surface area contributed by atoms with Crippen molar-refractivity contribution in [2.45, 2.75) is 63.1 Å². The smallest absolute Gasteiger partial charge is 0.324 e. The maximum atomic E-state index is 10.6. The first-order valence-corrected chi connectivity index (χ1v) is 12.4. The summed E-state index contributed by atoms with van der Waals surface area (Å²) in [4.78, 5) is 11.5. The molecule has 6 rings (SSSR count). The van der Waals surface area contributed by atoms with Crippen molar-refractivity contribution in [3.05, 3.63) is 59.2 Å². The first-order chi connectivity index (χ1) is 16.7. The molecule has 3 aliphatic heterocycles. The molecular formula is C27H32N4O4. The van der Waals surface area contributed by atoms with Gasteiger partial charge in [-0.2, -0.15) is 4.98 Å². The Hall–Kier alpha value is -2.97. The first-order valence-electron chi connectivity index (χ1n) is 12.4. The van der Waals surface area contributed by atoms with Crippen LogP contribution in [0.1, 0.15) is 57.1 Å². The number of ether oxygens (including phenoxy) is 2. The summed E-state index contributed by atoms with van der Waals surface area (Å²) in [6.07, 6.45) is 13.5. The highest BCUT2D eigenvalue weighted by molar-refractivity contribution is 5.74. The van der Waals surface area contributed by atoms with Crippen LogP contribution < -0.4 is 9.64 Å². The number of allylic oxidation sites excluding steroid dienone is 5. The molecule has 35 heavy (non-hydrogen) atoms. The van der Waals surface area contributed by atoms with Gasteiger partial charge >= 0.3 is 6.01 Å². The van der Waals surface area contributed by atoms with Crippen LogP contribution in [0.15, 0.2) is 46.7 Å². The van der Waals surface area contributed by atoms with Crippen molar-refractivity contribution in [1.29, 1.82) is 0 Å². The molecule has 1 N–H and O–H groups in total. The molecule has 0 atom stereocenters. The van der Waals surface area contributed by atoms with Crippen molar-refractivity contribution in [3.8, 4) is 5.75 Å². The minimum atomic E-state index is -0.827. The molecule has 1 spiro atoms. The van der Waals surface area contributed by atoms with Crippen LogP contribution in [0.3, 0.4) is 0 Å². The van der Waals surface area contributed by atoms with E-state index in [-0.39, 0.29) is 11.0 Å². The van der Waals surface area contributed by atoms with E-state index < -0.39 is 5.60 Å². The Morgan fingerprint density at radius 1 is 1.11 bits per heavy atom. The van der Waals surface area contributed by atoms with E-state index in [4.69, 9.17) is 19.0 Å². The summed E-state index contributed by atoms with van der Waals surface area (Å²) in [5.41, 5.74) is 2.98. The zero-order chi connectivity index (χ0) is 24.3. The lowest BCUT2D eigenvalue weighted by Gasteiger charge is -2.38. The quantitative estimate of drug-likeness (QED) is 0.716. The summed E-state index contributed by atoms with van der Waals surface area (Å²) in [5, 5.41) is 14.8. The minimum absolute atomic E-state index is 0.135. The Kier molecular flexibility index (Phi) is 5.16. The normalized spacial score (nSPS) is 22.7. The van der Waals surface area contributed by atoms with Crippen LogP contribution in [-0.2, 0) is 16.6 Å². The predicted molar refractivity (Wildman–Crippen MR) is 131 cm³/mol.